The van der Waals surface area contributed by atoms with Gasteiger partial charge >= 0.3 is 0 Å². The van der Waals surface area contributed by atoms with Crippen molar-refractivity contribution in [3.63, 3.8) is 0 Å². The number of carbonyl (C=O) groups excluding carboxylic acids is 1. The normalized spacial score (nSPS) is 16.5. The Hall–Kier alpha value is -1.51. The van der Waals surface area contributed by atoms with Crippen LogP contribution >= 0.6 is 0 Å². The van der Waals surface area contributed by atoms with E-state index in [1.807, 2.05) is 36.2 Å². The fraction of sp³-hybridized carbons (Fsp3) is 0.533. The van der Waals surface area contributed by atoms with E-state index in [0.717, 1.165) is 24.1 Å². The molecule has 3 heteroatoms. The second-order valence-electron chi connectivity index (χ2n) is 5.21. The fourth-order valence-corrected chi connectivity index (χ4v) is 2.61. The van der Waals surface area contributed by atoms with E-state index < -0.39 is 0 Å². The predicted octanol–water partition coefficient (Wildman–Crippen LogP) is 2.60. The van der Waals surface area contributed by atoms with Gasteiger partial charge in [0.05, 0.1) is 6.42 Å². The molecule has 1 aromatic rings. The molecule has 0 bridgehead atoms. The first-order valence-electron chi connectivity index (χ1n) is 6.77. The molecule has 3 nitrogen and oxygen atoms in total. The van der Waals surface area contributed by atoms with Gasteiger partial charge in [0.2, 0.25) is 5.91 Å². The van der Waals surface area contributed by atoms with Crippen LogP contribution in [-0.2, 0) is 11.2 Å². The van der Waals surface area contributed by atoms with Crippen LogP contribution in [-0.4, -0.2) is 23.9 Å². The summed E-state index contributed by atoms with van der Waals surface area (Å²) in [7, 11) is 1.94. The molecule has 0 unspecified atom stereocenters. The molecule has 98 valence electrons. The molecule has 1 aliphatic carbocycles. The van der Waals surface area contributed by atoms with Crippen molar-refractivity contribution in [1.29, 1.82) is 0 Å². The van der Waals surface area contributed by atoms with E-state index in [-0.39, 0.29) is 5.91 Å². The average molecular weight is 246 g/mol. The van der Waals surface area contributed by atoms with E-state index in [2.05, 4.69) is 0 Å². The summed E-state index contributed by atoms with van der Waals surface area (Å²) in [6, 6.07) is 8.01. The van der Waals surface area contributed by atoms with E-state index in [0.29, 0.717) is 12.5 Å². The highest BCUT2D eigenvalue weighted by atomic mass is 16.2. The SMILES string of the molecule is CN(C(=O)Cc1ccc(N)cc1)C1CCCCC1. The van der Waals surface area contributed by atoms with Crippen molar-refractivity contribution in [3.8, 4) is 0 Å². The number of carbonyl (C=O) groups is 1. The van der Waals surface area contributed by atoms with Crippen LogP contribution in [0.3, 0.4) is 0 Å². The first kappa shape index (κ1) is 12.9. The van der Waals surface area contributed by atoms with E-state index in [9.17, 15) is 4.79 Å². The zero-order chi connectivity index (χ0) is 13.0. The zero-order valence-corrected chi connectivity index (χ0v) is 11.1. The monoisotopic (exact) mass is 246 g/mol. The van der Waals surface area contributed by atoms with Crippen molar-refractivity contribution < 1.29 is 4.79 Å². The van der Waals surface area contributed by atoms with Crippen molar-refractivity contribution in [2.75, 3.05) is 12.8 Å². The first-order chi connectivity index (χ1) is 8.66. The van der Waals surface area contributed by atoms with Gasteiger partial charge in [-0.1, -0.05) is 31.4 Å². The lowest BCUT2D eigenvalue weighted by Crippen LogP contribution is -2.39. The highest BCUT2D eigenvalue weighted by molar-refractivity contribution is 5.79. The Labute approximate surface area is 109 Å². The van der Waals surface area contributed by atoms with E-state index in [1.165, 1.54) is 19.3 Å². The zero-order valence-electron chi connectivity index (χ0n) is 11.1. The number of hydrogen-bond donors (Lipinski definition) is 1. The van der Waals surface area contributed by atoms with Gasteiger partial charge in [0.25, 0.3) is 0 Å². The van der Waals surface area contributed by atoms with Crippen LogP contribution in [0.2, 0.25) is 0 Å². The maximum atomic E-state index is 12.2. The molecular weight excluding hydrogens is 224 g/mol. The lowest BCUT2D eigenvalue weighted by atomic mass is 9.94. The largest absolute Gasteiger partial charge is 0.399 e. The van der Waals surface area contributed by atoms with Gasteiger partial charge in [0.15, 0.2) is 0 Å². The summed E-state index contributed by atoms with van der Waals surface area (Å²) in [6.07, 6.45) is 6.62. The lowest BCUT2D eigenvalue weighted by molar-refractivity contribution is -0.131. The number of nitrogens with zero attached hydrogens (tertiary/aromatic N) is 1. The van der Waals surface area contributed by atoms with Crippen LogP contribution in [0, 0.1) is 0 Å². The van der Waals surface area contributed by atoms with Gasteiger partial charge in [-0.2, -0.15) is 0 Å². The standard InChI is InChI=1S/C15H22N2O/c1-17(14-5-3-2-4-6-14)15(18)11-12-7-9-13(16)10-8-12/h7-10,14H,2-6,11,16H2,1H3. The van der Waals surface area contributed by atoms with Crippen molar-refractivity contribution in [1.82, 2.24) is 4.90 Å². The van der Waals surface area contributed by atoms with Crippen molar-refractivity contribution >= 4 is 11.6 Å². The van der Waals surface area contributed by atoms with Crippen LogP contribution in [0.25, 0.3) is 0 Å². The molecule has 2 rings (SSSR count). The Balaban J connectivity index is 1.92. The summed E-state index contributed by atoms with van der Waals surface area (Å²) < 4.78 is 0. The van der Waals surface area contributed by atoms with Gasteiger partial charge < -0.3 is 10.6 Å². The van der Waals surface area contributed by atoms with Crippen LogP contribution in [0.4, 0.5) is 5.69 Å². The second-order valence-corrected chi connectivity index (χ2v) is 5.21. The quantitative estimate of drug-likeness (QED) is 0.833. The third-order valence-electron chi connectivity index (χ3n) is 3.85. The molecule has 0 atom stereocenters. The van der Waals surface area contributed by atoms with Gasteiger partial charge in [0.1, 0.15) is 0 Å². The Morgan fingerprint density at radius 1 is 1.22 bits per heavy atom. The molecule has 18 heavy (non-hydrogen) atoms. The fourth-order valence-electron chi connectivity index (χ4n) is 2.61. The molecule has 0 aromatic heterocycles. The minimum Gasteiger partial charge on any atom is -0.399 e. The first-order valence-corrected chi connectivity index (χ1v) is 6.77. The van der Waals surface area contributed by atoms with E-state index >= 15 is 0 Å². The molecule has 0 saturated heterocycles. The molecule has 0 heterocycles. The van der Waals surface area contributed by atoms with Gasteiger partial charge in [-0.25, -0.2) is 0 Å². The summed E-state index contributed by atoms with van der Waals surface area (Å²) in [5, 5.41) is 0. The molecule has 1 amide bonds. The highest BCUT2D eigenvalue weighted by Crippen LogP contribution is 2.22. The number of nitrogens with two attached hydrogens (primary N) is 1. The molecule has 0 spiro atoms. The lowest BCUT2D eigenvalue weighted by Gasteiger charge is -2.31. The highest BCUT2D eigenvalue weighted by Gasteiger charge is 2.21. The smallest absolute Gasteiger partial charge is 0.226 e. The number of benzene rings is 1. The van der Waals surface area contributed by atoms with Gasteiger partial charge in [0, 0.05) is 18.8 Å². The molecule has 1 aliphatic rings. The molecule has 2 N–H and O–H groups in total. The molecule has 1 saturated carbocycles. The van der Waals surface area contributed by atoms with Crippen molar-refractivity contribution in [2.45, 2.75) is 44.6 Å². The summed E-state index contributed by atoms with van der Waals surface area (Å²) in [5.74, 6) is 0.215. The number of hydrogen-bond acceptors (Lipinski definition) is 2. The molecule has 1 fully saturated rings. The maximum Gasteiger partial charge on any atom is 0.226 e. The van der Waals surface area contributed by atoms with Crippen LogP contribution < -0.4 is 5.73 Å². The third-order valence-corrected chi connectivity index (χ3v) is 3.85. The van der Waals surface area contributed by atoms with Gasteiger partial charge in [-0.3, -0.25) is 4.79 Å². The molecule has 0 radical (unpaired) electrons. The van der Waals surface area contributed by atoms with Crippen LogP contribution in [0.1, 0.15) is 37.7 Å². The number of anilines is 1. The van der Waals surface area contributed by atoms with Crippen molar-refractivity contribution in [3.05, 3.63) is 29.8 Å². The molecule has 0 aliphatic heterocycles. The van der Waals surface area contributed by atoms with Gasteiger partial charge in [-0.05, 0) is 30.5 Å². The number of nitrogen functional groups attached to an aromatic ring is 1. The van der Waals surface area contributed by atoms with Gasteiger partial charge in [-0.15, -0.1) is 0 Å². The summed E-state index contributed by atoms with van der Waals surface area (Å²) in [5.41, 5.74) is 7.42. The summed E-state index contributed by atoms with van der Waals surface area (Å²) >= 11 is 0. The summed E-state index contributed by atoms with van der Waals surface area (Å²) in [6.45, 7) is 0. The molecular formula is C15H22N2O. The Bertz CT molecular complexity index is 393. The Morgan fingerprint density at radius 3 is 2.44 bits per heavy atom. The predicted molar refractivity (Wildman–Crippen MR) is 74.2 cm³/mol. The van der Waals surface area contributed by atoms with E-state index in [1.54, 1.807) is 0 Å². The summed E-state index contributed by atoms with van der Waals surface area (Å²) in [4.78, 5) is 14.1. The minimum absolute atomic E-state index is 0.215. The average Bonchev–Trinajstić information content (AvgIpc) is 2.41. The second kappa shape index (κ2) is 5.89. The molecule has 1 aromatic carbocycles. The topological polar surface area (TPSA) is 46.3 Å². The number of amides is 1. The van der Waals surface area contributed by atoms with Crippen LogP contribution in [0.5, 0.6) is 0 Å². The minimum atomic E-state index is 0.215. The maximum absolute atomic E-state index is 12.2. The number of rotatable bonds is 3. The third kappa shape index (κ3) is 3.25. The Kier molecular flexibility index (Phi) is 4.24. The Morgan fingerprint density at radius 2 is 1.83 bits per heavy atom. The van der Waals surface area contributed by atoms with E-state index in [4.69, 9.17) is 5.73 Å². The van der Waals surface area contributed by atoms with Crippen molar-refractivity contribution in [2.24, 2.45) is 0 Å². The van der Waals surface area contributed by atoms with Crippen LogP contribution in [0.15, 0.2) is 24.3 Å². The number of likely N-dealkylation sites (N-methyl/N-ethyl adjacent to an activating group) is 1.